The number of carbonyl (C=O) groups is 1. The lowest BCUT2D eigenvalue weighted by molar-refractivity contribution is -0.118. The van der Waals surface area contributed by atoms with E-state index in [1.54, 1.807) is 7.05 Å². The van der Waals surface area contributed by atoms with Crippen LogP contribution >= 0.6 is 11.8 Å². The van der Waals surface area contributed by atoms with Gasteiger partial charge in [0.25, 0.3) is 0 Å². The van der Waals surface area contributed by atoms with Gasteiger partial charge < -0.3 is 20.7 Å². The lowest BCUT2D eigenvalue weighted by Crippen LogP contribution is -2.27. The van der Waals surface area contributed by atoms with E-state index in [1.807, 2.05) is 0 Å². The van der Waals surface area contributed by atoms with Gasteiger partial charge in [0, 0.05) is 37.8 Å². The first-order valence-electron chi connectivity index (χ1n) is 10.2. The summed E-state index contributed by atoms with van der Waals surface area (Å²) in [6.45, 7) is 1.08. The van der Waals surface area contributed by atoms with Crippen LogP contribution in [0.3, 0.4) is 0 Å². The molecule has 9 nitrogen and oxygen atoms in total. The summed E-state index contributed by atoms with van der Waals surface area (Å²) in [6, 6.07) is 3.15. The number of hydrogen-bond acceptors (Lipinski definition) is 9. The van der Waals surface area contributed by atoms with E-state index in [9.17, 15) is 9.18 Å². The number of aromatic nitrogens is 4. The minimum Gasteiger partial charge on any atom is -0.421 e. The molecule has 2 aromatic heterocycles. The maximum atomic E-state index is 14.3. The lowest BCUT2D eigenvalue weighted by atomic mass is 10.0. The zero-order chi connectivity index (χ0) is 22.1. The van der Waals surface area contributed by atoms with E-state index < -0.39 is 0 Å². The smallest absolute Gasteiger partial charge is 0.324 e. The van der Waals surface area contributed by atoms with Crippen molar-refractivity contribution < 1.29 is 13.9 Å². The van der Waals surface area contributed by atoms with Gasteiger partial charge in [0.05, 0.1) is 23.8 Å². The second kappa shape index (κ2) is 8.58. The number of ether oxygens (including phenoxy) is 1. The number of amides is 1. The summed E-state index contributed by atoms with van der Waals surface area (Å²) in [7, 11) is 1.76. The molecular formula is C21H20FN7O2S. The molecule has 4 heterocycles. The SMILES string of the molecule is CNc1cc(F)cc2c1Cc1nc3nc(c1-2)NCCCNC(=O)CSc1ncc(cn1)O3. The fourth-order valence-corrected chi connectivity index (χ4v) is 4.37. The molecule has 2 aliphatic heterocycles. The molecule has 6 rings (SSSR count). The molecule has 3 aromatic rings. The molecule has 0 saturated heterocycles. The Labute approximate surface area is 187 Å². The maximum absolute atomic E-state index is 14.3. The first-order chi connectivity index (χ1) is 15.6. The molecule has 1 amide bonds. The second-order valence-corrected chi connectivity index (χ2v) is 8.25. The van der Waals surface area contributed by atoms with E-state index in [4.69, 9.17) is 4.74 Å². The molecule has 0 unspecified atom stereocenters. The molecule has 3 aliphatic rings. The first kappa shape index (κ1) is 20.4. The van der Waals surface area contributed by atoms with Crippen molar-refractivity contribution in [3.63, 3.8) is 0 Å². The van der Waals surface area contributed by atoms with Gasteiger partial charge in [-0.15, -0.1) is 0 Å². The van der Waals surface area contributed by atoms with Crippen LogP contribution in [0, 0.1) is 5.82 Å². The Morgan fingerprint density at radius 1 is 1.16 bits per heavy atom. The largest absolute Gasteiger partial charge is 0.421 e. The Morgan fingerprint density at radius 2 is 1.97 bits per heavy atom. The first-order valence-corrected chi connectivity index (χ1v) is 11.1. The molecule has 0 saturated carbocycles. The normalized spacial score (nSPS) is 15.2. The highest BCUT2D eigenvalue weighted by Crippen LogP contribution is 2.44. The Balaban J connectivity index is 1.55. The van der Waals surface area contributed by atoms with Crippen LogP contribution in [0.15, 0.2) is 29.7 Å². The number of nitrogens with one attached hydrogen (secondary N) is 3. The standard InChI is InChI=1S/C21H20FN7O2S/c1-23-15-6-11(22)5-14-13(15)7-16-18(14)19-25-4-2-3-24-17(30)10-32-21-26-8-12(9-27-21)31-20(28-16)29-19/h5-6,8-9,23H,2-4,7,10H2,1H3,(H,24,30)(H,25,28,29). The van der Waals surface area contributed by atoms with Crippen LogP contribution in [0.2, 0.25) is 0 Å². The number of halogens is 1. The molecule has 1 aromatic carbocycles. The van der Waals surface area contributed by atoms with Crippen LogP contribution in [-0.4, -0.2) is 51.7 Å². The van der Waals surface area contributed by atoms with E-state index >= 15 is 0 Å². The van der Waals surface area contributed by atoms with Gasteiger partial charge in [-0.05, 0) is 29.7 Å². The average molecular weight is 454 g/mol. The number of carbonyl (C=O) groups excluding carboxylic acids is 1. The van der Waals surface area contributed by atoms with Gasteiger partial charge in [-0.2, -0.15) is 9.97 Å². The van der Waals surface area contributed by atoms with Gasteiger partial charge in [-0.3, -0.25) is 4.79 Å². The Bertz CT molecular complexity index is 1190. The molecule has 0 spiro atoms. The molecule has 0 radical (unpaired) electrons. The van der Waals surface area contributed by atoms with E-state index in [2.05, 4.69) is 35.9 Å². The van der Waals surface area contributed by atoms with Crippen molar-refractivity contribution in [1.29, 1.82) is 0 Å². The van der Waals surface area contributed by atoms with E-state index in [0.717, 1.165) is 22.4 Å². The Hall–Kier alpha value is -3.47. The van der Waals surface area contributed by atoms with Crippen molar-refractivity contribution in [2.75, 3.05) is 36.5 Å². The van der Waals surface area contributed by atoms with Crippen molar-refractivity contribution in [2.24, 2.45) is 0 Å². The highest BCUT2D eigenvalue weighted by Gasteiger charge is 2.28. The van der Waals surface area contributed by atoms with Crippen molar-refractivity contribution in [1.82, 2.24) is 25.3 Å². The number of anilines is 2. The summed E-state index contributed by atoms with van der Waals surface area (Å²) >= 11 is 1.25. The summed E-state index contributed by atoms with van der Waals surface area (Å²) in [4.78, 5) is 29.6. The molecule has 164 valence electrons. The van der Waals surface area contributed by atoms with Crippen LogP contribution in [0.25, 0.3) is 11.1 Å². The second-order valence-electron chi connectivity index (χ2n) is 7.31. The van der Waals surface area contributed by atoms with Gasteiger partial charge in [0.1, 0.15) is 11.6 Å². The summed E-state index contributed by atoms with van der Waals surface area (Å²) in [5.41, 5.74) is 3.94. The molecular weight excluding hydrogens is 433 g/mol. The van der Waals surface area contributed by atoms with Crippen LogP contribution in [0.5, 0.6) is 11.8 Å². The van der Waals surface area contributed by atoms with Crippen LogP contribution in [0.4, 0.5) is 15.9 Å². The number of fused-ring (bicyclic) bond motifs is 12. The summed E-state index contributed by atoms with van der Waals surface area (Å²) in [6.07, 6.45) is 4.25. The lowest BCUT2D eigenvalue weighted by Gasteiger charge is -2.14. The quantitative estimate of drug-likeness (QED) is 0.374. The number of hydrogen-bond donors (Lipinski definition) is 3. The summed E-state index contributed by atoms with van der Waals surface area (Å²) in [5, 5.41) is 9.73. The van der Waals surface area contributed by atoms with Crippen molar-refractivity contribution >= 4 is 29.2 Å². The Kier molecular flexibility index (Phi) is 5.48. The van der Waals surface area contributed by atoms with Crippen molar-refractivity contribution in [3.05, 3.63) is 41.6 Å². The average Bonchev–Trinajstić information content (AvgIpc) is 3.15. The van der Waals surface area contributed by atoms with Crippen LogP contribution < -0.4 is 20.7 Å². The van der Waals surface area contributed by atoms with Crippen molar-refractivity contribution in [3.8, 4) is 22.9 Å². The molecule has 0 atom stereocenters. The molecule has 1 aliphatic carbocycles. The molecule has 3 N–H and O–H groups in total. The van der Waals surface area contributed by atoms with Gasteiger partial charge in [0.15, 0.2) is 10.9 Å². The highest BCUT2D eigenvalue weighted by atomic mass is 32.2. The number of thioether (sulfide) groups is 1. The summed E-state index contributed by atoms with van der Waals surface area (Å²) in [5.74, 6) is 0.760. The molecule has 32 heavy (non-hydrogen) atoms. The van der Waals surface area contributed by atoms with E-state index in [0.29, 0.717) is 48.3 Å². The van der Waals surface area contributed by atoms with Crippen LogP contribution in [0.1, 0.15) is 17.7 Å². The third-order valence-electron chi connectivity index (χ3n) is 5.18. The van der Waals surface area contributed by atoms with E-state index in [1.165, 1.54) is 36.3 Å². The van der Waals surface area contributed by atoms with E-state index in [-0.39, 0.29) is 23.5 Å². The van der Waals surface area contributed by atoms with Crippen LogP contribution in [-0.2, 0) is 11.2 Å². The molecule has 4 bridgehead atoms. The zero-order valence-electron chi connectivity index (χ0n) is 17.2. The predicted octanol–water partition coefficient (Wildman–Crippen LogP) is 2.83. The fourth-order valence-electron chi connectivity index (χ4n) is 3.75. The molecule has 0 fully saturated rings. The maximum Gasteiger partial charge on any atom is 0.324 e. The number of benzene rings is 1. The number of nitrogens with zero attached hydrogens (tertiary/aromatic N) is 4. The van der Waals surface area contributed by atoms with Crippen molar-refractivity contribution in [2.45, 2.75) is 18.0 Å². The predicted molar refractivity (Wildman–Crippen MR) is 119 cm³/mol. The topological polar surface area (TPSA) is 114 Å². The van der Waals surface area contributed by atoms with Gasteiger partial charge in [0.2, 0.25) is 5.91 Å². The highest BCUT2D eigenvalue weighted by molar-refractivity contribution is 7.99. The minimum absolute atomic E-state index is 0.0831. The third kappa shape index (κ3) is 4.03. The third-order valence-corrected chi connectivity index (χ3v) is 6.05. The Morgan fingerprint density at radius 3 is 2.78 bits per heavy atom. The van der Waals surface area contributed by atoms with Gasteiger partial charge >= 0.3 is 6.01 Å². The minimum atomic E-state index is -0.334. The monoisotopic (exact) mass is 453 g/mol. The fraction of sp³-hybridized carbons (Fsp3) is 0.286. The summed E-state index contributed by atoms with van der Waals surface area (Å²) < 4.78 is 20.1. The molecule has 11 heteroatoms. The zero-order valence-corrected chi connectivity index (χ0v) is 18.1. The van der Waals surface area contributed by atoms with Gasteiger partial charge in [-0.1, -0.05) is 11.8 Å². The van der Waals surface area contributed by atoms with Gasteiger partial charge in [-0.25, -0.2) is 14.4 Å². The number of rotatable bonds is 1.